The minimum absolute atomic E-state index is 0.00402. The zero-order valence-corrected chi connectivity index (χ0v) is 25.2. The number of halogens is 4. The molecular weight excluding hydrogens is 580 g/mol. The SMILES string of the molecule is Cc1nc(N[C@H](C)c2cccc(C(F)(F)F)c2F)c2c(n1)C1(CCN(C)C1)C(=O)N(C1CCN(C(=O)C3CCOC3)CC1)C2. The molecule has 3 saturated heterocycles. The summed E-state index contributed by atoms with van der Waals surface area (Å²) in [5, 5.41) is 3.18. The molecule has 6 rings (SSSR count). The van der Waals surface area contributed by atoms with Gasteiger partial charge in [0, 0.05) is 43.4 Å². The van der Waals surface area contributed by atoms with Crippen molar-refractivity contribution < 1.29 is 31.9 Å². The molecule has 2 aromatic rings. The first-order valence-corrected chi connectivity index (χ1v) is 15.3. The van der Waals surface area contributed by atoms with Crippen molar-refractivity contribution in [3.8, 4) is 0 Å². The van der Waals surface area contributed by atoms with Gasteiger partial charge in [-0.2, -0.15) is 13.2 Å². The van der Waals surface area contributed by atoms with Gasteiger partial charge in [0.2, 0.25) is 11.8 Å². The van der Waals surface area contributed by atoms with Gasteiger partial charge in [0.15, 0.2) is 0 Å². The highest BCUT2D eigenvalue weighted by Crippen LogP contribution is 2.44. The van der Waals surface area contributed by atoms with E-state index in [0.717, 1.165) is 12.5 Å². The number of carbonyl (C=O) groups excluding carboxylic acids is 2. The molecule has 0 bridgehead atoms. The molecular formula is C31H38F4N6O3. The molecule has 4 aliphatic heterocycles. The fraction of sp³-hybridized carbons (Fsp3) is 0.613. The average Bonchev–Trinajstić information content (AvgIpc) is 3.66. The topological polar surface area (TPSA) is 90.9 Å². The van der Waals surface area contributed by atoms with Gasteiger partial charge in [-0.3, -0.25) is 9.59 Å². The minimum Gasteiger partial charge on any atom is -0.381 e. The van der Waals surface area contributed by atoms with Crippen molar-refractivity contribution in [3.63, 3.8) is 0 Å². The maximum absolute atomic E-state index is 15.1. The van der Waals surface area contributed by atoms with E-state index in [2.05, 4.69) is 15.2 Å². The van der Waals surface area contributed by atoms with E-state index in [1.165, 1.54) is 12.1 Å². The summed E-state index contributed by atoms with van der Waals surface area (Å²) in [6, 6.07) is 2.30. The highest BCUT2D eigenvalue weighted by atomic mass is 19.4. The first-order chi connectivity index (χ1) is 20.9. The standard InChI is InChI=1S/C31H38F4N6O3/c1-18(22-5-4-6-24(25(22)32)31(33,34)35)36-27-23-15-41(21-7-11-40(12-8-21)28(42)20-9-14-44-16-20)29(43)30(10-13-39(3)17-30)26(23)37-19(2)38-27/h4-6,18,20-21H,7-17H2,1-3H3,(H,36,37,38)/t18-,20?,30?/m1/s1. The highest BCUT2D eigenvalue weighted by Gasteiger charge is 2.54. The van der Waals surface area contributed by atoms with Crippen molar-refractivity contribution in [1.29, 1.82) is 0 Å². The zero-order valence-electron chi connectivity index (χ0n) is 25.2. The van der Waals surface area contributed by atoms with E-state index >= 15 is 4.39 Å². The Morgan fingerprint density at radius 2 is 1.91 bits per heavy atom. The lowest BCUT2D eigenvalue weighted by molar-refractivity contribution is -0.144. The lowest BCUT2D eigenvalue weighted by Crippen LogP contribution is -2.58. The van der Waals surface area contributed by atoms with Crippen LogP contribution in [-0.2, 0) is 32.5 Å². The smallest absolute Gasteiger partial charge is 0.381 e. The number of hydrogen-bond acceptors (Lipinski definition) is 7. The lowest BCUT2D eigenvalue weighted by atomic mass is 9.76. The predicted molar refractivity (Wildman–Crippen MR) is 153 cm³/mol. The molecule has 4 aliphatic rings. The van der Waals surface area contributed by atoms with Crippen LogP contribution < -0.4 is 5.32 Å². The zero-order chi connectivity index (χ0) is 31.4. The van der Waals surface area contributed by atoms with E-state index in [9.17, 15) is 22.8 Å². The number of aryl methyl sites for hydroxylation is 1. The number of ether oxygens (including phenoxy) is 1. The number of likely N-dealkylation sites (tertiary alicyclic amines) is 2. The van der Waals surface area contributed by atoms with Gasteiger partial charge in [0.1, 0.15) is 22.9 Å². The monoisotopic (exact) mass is 618 g/mol. The minimum atomic E-state index is -4.82. The van der Waals surface area contributed by atoms with Crippen LogP contribution in [0.25, 0.3) is 0 Å². The van der Waals surface area contributed by atoms with Crippen molar-refractivity contribution >= 4 is 17.6 Å². The average molecular weight is 619 g/mol. The maximum atomic E-state index is 15.1. The van der Waals surface area contributed by atoms with Crippen molar-refractivity contribution in [2.24, 2.45) is 5.92 Å². The van der Waals surface area contributed by atoms with E-state index in [0.29, 0.717) is 81.6 Å². The number of benzene rings is 1. The number of nitrogens with zero attached hydrogens (tertiary/aromatic N) is 5. The summed E-state index contributed by atoms with van der Waals surface area (Å²) < 4.78 is 60.8. The number of fused-ring (bicyclic) bond motifs is 2. The third kappa shape index (κ3) is 5.42. The number of hydrogen-bond donors (Lipinski definition) is 1. The van der Waals surface area contributed by atoms with E-state index in [4.69, 9.17) is 9.72 Å². The molecule has 9 nitrogen and oxygen atoms in total. The third-order valence-corrected chi connectivity index (χ3v) is 9.68. The van der Waals surface area contributed by atoms with Crippen LogP contribution in [0.2, 0.25) is 0 Å². The molecule has 3 atom stereocenters. The van der Waals surface area contributed by atoms with Crippen LogP contribution in [-0.4, -0.2) is 89.0 Å². The molecule has 13 heteroatoms. The summed E-state index contributed by atoms with van der Waals surface area (Å²) >= 11 is 0. The summed E-state index contributed by atoms with van der Waals surface area (Å²) in [6.07, 6.45) is -2.26. The number of amides is 2. The van der Waals surface area contributed by atoms with Gasteiger partial charge in [-0.05, 0) is 59.2 Å². The van der Waals surface area contributed by atoms with E-state index in [-0.39, 0.29) is 35.9 Å². The van der Waals surface area contributed by atoms with Gasteiger partial charge in [-0.25, -0.2) is 14.4 Å². The van der Waals surface area contributed by atoms with E-state index < -0.39 is 29.0 Å². The number of alkyl halides is 3. The van der Waals surface area contributed by atoms with Crippen LogP contribution in [0.1, 0.15) is 66.9 Å². The Morgan fingerprint density at radius 3 is 2.55 bits per heavy atom. The van der Waals surface area contributed by atoms with Crippen molar-refractivity contribution in [3.05, 3.63) is 52.2 Å². The molecule has 1 aromatic carbocycles. The molecule has 0 radical (unpaired) electrons. The van der Waals surface area contributed by atoms with Crippen LogP contribution in [0.3, 0.4) is 0 Å². The summed E-state index contributed by atoms with van der Waals surface area (Å²) in [5.41, 5.74) is -1.02. The molecule has 44 heavy (non-hydrogen) atoms. The van der Waals surface area contributed by atoms with Gasteiger partial charge in [-0.1, -0.05) is 12.1 Å². The second kappa shape index (κ2) is 11.6. The number of aromatic nitrogens is 2. The molecule has 0 aliphatic carbocycles. The highest BCUT2D eigenvalue weighted by molar-refractivity contribution is 5.91. The molecule has 2 amide bonds. The second-order valence-corrected chi connectivity index (χ2v) is 12.6. The van der Waals surface area contributed by atoms with Crippen LogP contribution in [0.4, 0.5) is 23.4 Å². The number of anilines is 1. The lowest BCUT2D eigenvalue weighted by Gasteiger charge is -2.46. The normalized spacial score (nSPS) is 25.5. The van der Waals surface area contributed by atoms with Gasteiger partial charge >= 0.3 is 6.18 Å². The Labute approximate surface area is 253 Å². The molecule has 3 fully saturated rings. The molecule has 5 heterocycles. The molecule has 1 aromatic heterocycles. The van der Waals surface area contributed by atoms with E-state index in [1.54, 1.807) is 13.8 Å². The summed E-state index contributed by atoms with van der Waals surface area (Å²) in [6.45, 7) is 6.85. The Hall–Kier alpha value is -3.32. The van der Waals surface area contributed by atoms with Crippen LogP contribution in [0.5, 0.6) is 0 Å². The first kappa shape index (κ1) is 30.7. The number of nitrogens with one attached hydrogen (secondary N) is 1. The maximum Gasteiger partial charge on any atom is 0.419 e. The summed E-state index contributed by atoms with van der Waals surface area (Å²) in [5.74, 6) is -0.514. The number of likely N-dealkylation sites (N-methyl/N-ethyl adjacent to an activating group) is 1. The fourth-order valence-electron chi connectivity index (χ4n) is 7.31. The molecule has 1 spiro atoms. The number of piperidine rings is 1. The molecule has 0 saturated carbocycles. The van der Waals surface area contributed by atoms with Crippen LogP contribution >= 0.6 is 0 Å². The Morgan fingerprint density at radius 1 is 1.16 bits per heavy atom. The van der Waals surface area contributed by atoms with Crippen molar-refractivity contribution in [2.45, 2.75) is 69.8 Å². The number of rotatable bonds is 5. The fourth-order valence-corrected chi connectivity index (χ4v) is 7.31. The summed E-state index contributed by atoms with van der Waals surface area (Å²) in [7, 11) is 1.96. The van der Waals surface area contributed by atoms with Gasteiger partial charge in [0.05, 0.1) is 36.4 Å². The van der Waals surface area contributed by atoms with Crippen molar-refractivity contribution in [2.75, 3.05) is 51.8 Å². The predicted octanol–water partition coefficient (Wildman–Crippen LogP) is 4.06. The van der Waals surface area contributed by atoms with Crippen molar-refractivity contribution in [1.82, 2.24) is 24.7 Å². The van der Waals surface area contributed by atoms with Crippen LogP contribution in [0.15, 0.2) is 18.2 Å². The molecule has 238 valence electrons. The quantitative estimate of drug-likeness (QED) is 0.506. The second-order valence-electron chi connectivity index (χ2n) is 12.6. The molecule has 2 unspecified atom stereocenters. The molecule has 1 N–H and O–H groups in total. The van der Waals surface area contributed by atoms with E-state index in [1.807, 2.05) is 16.8 Å². The Kier molecular flexibility index (Phi) is 8.06. The Bertz CT molecular complexity index is 1440. The number of carbonyl (C=O) groups is 2. The third-order valence-electron chi connectivity index (χ3n) is 9.68. The largest absolute Gasteiger partial charge is 0.419 e. The van der Waals surface area contributed by atoms with Gasteiger partial charge in [0.25, 0.3) is 0 Å². The first-order valence-electron chi connectivity index (χ1n) is 15.3. The van der Waals surface area contributed by atoms with Gasteiger partial charge in [-0.15, -0.1) is 0 Å². The van der Waals surface area contributed by atoms with Crippen LogP contribution in [0, 0.1) is 18.7 Å². The Balaban J connectivity index is 1.31. The van der Waals surface area contributed by atoms with Gasteiger partial charge < -0.3 is 24.8 Å². The summed E-state index contributed by atoms with van der Waals surface area (Å²) in [4.78, 5) is 42.7.